The molecular weight excluding hydrogens is 320 g/mol. The molecule has 1 saturated heterocycles. The molecule has 1 atom stereocenters. The largest absolute Gasteiger partial charge is 0.349 e. The van der Waals surface area contributed by atoms with Crippen LogP contribution in [0.5, 0.6) is 0 Å². The quantitative estimate of drug-likeness (QED) is 0.894. The molecule has 5 nitrogen and oxygen atoms in total. The zero-order chi connectivity index (χ0) is 15.7. The van der Waals surface area contributed by atoms with Gasteiger partial charge >= 0.3 is 0 Å². The maximum Gasteiger partial charge on any atom is 0.262 e. The minimum atomic E-state index is -3.55. The fraction of sp³-hybridized carbons (Fsp3) is 0.667. The second-order valence-corrected chi connectivity index (χ2v) is 9.00. The topological polar surface area (TPSA) is 66.5 Å². The third kappa shape index (κ3) is 3.21. The van der Waals surface area contributed by atoms with Crippen LogP contribution in [0.4, 0.5) is 0 Å². The molecule has 2 aliphatic rings. The molecule has 1 aliphatic heterocycles. The summed E-state index contributed by atoms with van der Waals surface area (Å²) in [4.78, 5) is 12.9. The predicted molar refractivity (Wildman–Crippen MR) is 86.6 cm³/mol. The lowest BCUT2D eigenvalue weighted by molar-refractivity contribution is 0.0936. The van der Waals surface area contributed by atoms with Gasteiger partial charge in [0.1, 0.15) is 9.77 Å². The van der Waals surface area contributed by atoms with Crippen molar-refractivity contribution >= 4 is 27.3 Å². The summed E-state index contributed by atoms with van der Waals surface area (Å²) in [5, 5.41) is 4.64. The zero-order valence-electron chi connectivity index (χ0n) is 12.7. The second-order valence-electron chi connectivity index (χ2n) is 6.18. The first-order chi connectivity index (χ1) is 10.5. The summed E-state index contributed by atoms with van der Waals surface area (Å²) in [5.41, 5.74) is 0. The normalized spacial score (nSPS) is 21.5. The lowest BCUT2D eigenvalue weighted by Gasteiger charge is -2.26. The number of piperidine rings is 1. The van der Waals surface area contributed by atoms with Gasteiger partial charge in [0.25, 0.3) is 5.91 Å². The van der Waals surface area contributed by atoms with Gasteiger partial charge in [-0.25, -0.2) is 8.42 Å². The first kappa shape index (κ1) is 16.0. The van der Waals surface area contributed by atoms with Gasteiger partial charge in [-0.1, -0.05) is 6.42 Å². The van der Waals surface area contributed by atoms with Crippen molar-refractivity contribution in [3.63, 3.8) is 0 Å². The summed E-state index contributed by atoms with van der Waals surface area (Å²) in [6.45, 7) is 3.09. The van der Waals surface area contributed by atoms with Gasteiger partial charge in [0.2, 0.25) is 10.0 Å². The number of amides is 1. The van der Waals surface area contributed by atoms with Gasteiger partial charge in [0.05, 0.1) is 0 Å². The number of nitrogens with one attached hydrogen (secondary N) is 1. The number of hydrogen-bond acceptors (Lipinski definition) is 4. The molecule has 0 bridgehead atoms. The van der Waals surface area contributed by atoms with Crippen molar-refractivity contribution in [2.45, 2.75) is 50.0 Å². The lowest BCUT2D eigenvalue weighted by atomic mass is 10.2. The number of thiophene rings is 1. The van der Waals surface area contributed by atoms with Crippen LogP contribution in [0.3, 0.4) is 0 Å². The molecule has 3 rings (SSSR count). The van der Waals surface area contributed by atoms with Gasteiger partial charge in [-0.15, -0.1) is 11.3 Å². The van der Waals surface area contributed by atoms with Gasteiger partial charge in [-0.3, -0.25) is 4.79 Å². The molecule has 0 aromatic carbocycles. The zero-order valence-corrected chi connectivity index (χ0v) is 14.4. The molecule has 1 unspecified atom stereocenters. The lowest BCUT2D eigenvalue weighted by Crippen LogP contribution is -2.38. The van der Waals surface area contributed by atoms with Crippen LogP contribution in [0.15, 0.2) is 16.3 Å². The Morgan fingerprint density at radius 3 is 2.64 bits per heavy atom. The summed E-state index contributed by atoms with van der Waals surface area (Å²) in [6.07, 6.45) is 5.14. The maximum atomic E-state index is 12.8. The van der Waals surface area contributed by atoms with E-state index in [1.165, 1.54) is 15.6 Å². The summed E-state index contributed by atoms with van der Waals surface area (Å²) in [5.74, 6) is 0.288. The minimum absolute atomic E-state index is 0.111. The smallest absolute Gasteiger partial charge is 0.262 e. The summed E-state index contributed by atoms with van der Waals surface area (Å²) in [6, 6.07) is 1.67. The minimum Gasteiger partial charge on any atom is -0.349 e. The first-order valence-corrected chi connectivity index (χ1v) is 10.2. The molecule has 0 spiro atoms. The van der Waals surface area contributed by atoms with E-state index in [9.17, 15) is 13.2 Å². The third-order valence-electron chi connectivity index (χ3n) is 4.46. The van der Waals surface area contributed by atoms with E-state index >= 15 is 0 Å². The van der Waals surface area contributed by atoms with Gasteiger partial charge in [-0.2, -0.15) is 4.31 Å². The van der Waals surface area contributed by atoms with Crippen LogP contribution in [0.1, 0.15) is 48.7 Å². The van der Waals surface area contributed by atoms with E-state index in [0.29, 0.717) is 23.9 Å². The Bertz CT molecular complexity index is 643. The van der Waals surface area contributed by atoms with Crippen molar-refractivity contribution in [2.24, 2.45) is 5.92 Å². The van der Waals surface area contributed by atoms with Gasteiger partial charge < -0.3 is 5.32 Å². The van der Waals surface area contributed by atoms with E-state index in [0.717, 1.165) is 32.1 Å². The SMILES string of the molecule is CC(NC(=O)c1sccc1S(=O)(=O)N1CCCCC1)C1CC1. The van der Waals surface area contributed by atoms with Crippen LogP contribution in [-0.2, 0) is 10.0 Å². The number of rotatable bonds is 5. The highest BCUT2D eigenvalue weighted by molar-refractivity contribution is 7.89. The Balaban J connectivity index is 1.79. The predicted octanol–water partition coefficient (Wildman–Crippen LogP) is 2.45. The highest BCUT2D eigenvalue weighted by Crippen LogP contribution is 2.33. The first-order valence-electron chi connectivity index (χ1n) is 7.88. The van der Waals surface area contributed by atoms with Gasteiger partial charge in [0.15, 0.2) is 0 Å². The van der Waals surface area contributed by atoms with E-state index in [2.05, 4.69) is 5.32 Å². The molecule has 1 amide bonds. The maximum absolute atomic E-state index is 12.8. The van der Waals surface area contributed by atoms with E-state index in [-0.39, 0.29) is 16.8 Å². The highest BCUT2D eigenvalue weighted by atomic mass is 32.2. The molecule has 2 heterocycles. The standard InChI is InChI=1S/C15H22N2O3S2/c1-11(12-5-6-12)16-15(18)14-13(7-10-21-14)22(19,20)17-8-3-2-4-9-17/h7,10-12H,2-6,8-9H2,1H3,(H,16,18). The highest BCUT2D eigenvalue weighted by Gasteiger charge is 2.33. The number of hydrogen-bond donors (Lipinski definition) is 1. The molecule has 1 N–H and O–H groups in total. The number of sulfonamides is 1. The van der Waals surface area contributed by atoms with Crippen LogP contribution >= 0.6 is 11.3 Å². The number of carbonyl (C=O) groups excluding carboxylic acids is 1. The fourth-order valence-corrected chi connectivity index (χ4v) is 5.72. The fourth-order valence-electron chi connectivity index (χ4n) is 2.90. The van der Waals surface area contributed by atoms with Crippen molar-refractivity contribution < 1.29 is 13.2 Å². The van der Waals surface area contributed by atoms with E-state index in [1.54, 1.807) is 11.4 Å². The van der Waals surface area contributed by atoms with Crippen LogP contribution in [0, 0.1) is 5.92 Å². The molecule has 122 valence electrons. The van der Waals surface area contributed by atoms with Gasteiger partial charge in [-0.05, 0) is 50.0 Å². The Hall–Kier alpha value is -0.920. The molecule has 2 fully saturated rings. The Kier molecular flexibility index (Phi) is 4.56. The van der Waals surface area contributed by atoms with E-state index in [4.69, 9.17) is 0 Å². The van der Waals surface area contributed by atoms with Crippen molar-refractivity contribution in [1.82, 2.24) is 9.62 Å². The van der Waals surface area contributed by atoms with Crippen LogP contribution in [0.25, 0.3) is 0 Å². The molecule has 22 heavy (non-hydrogen) atoms. The van der Waals surface area contributed by atoms with Crippen LogP contribution in [0.2, 0.25) is 0 Å². The molecule has 1 saturated carbocycles. The third-order valence-corrected chi connectivity index (χ3v) is 7.44. The van der Waals surface area contributed by atoms with Crippen molar-refractivity contribution in [1.29, 1.82) is 0 Å². The monoisotopic (exact) mass is 342 g/mol. The van der Waals surface area contributed by atoms with Gasteiger partial charge in [0, 0.05) is 19.1 Å². The Labute approximate surface area is 135 Å². The summed E-state index contributed by atoms with van der Waals surface area (Å²) < 4.78 is 27.0. The van der Waals surface area contributed by atoms with Crippen molar-refractivity contribution in [3.05, 3.63) is 16.3 Å². The molecule has 1 aromatic rings. The number of nitrogens with zero attached hydrogens (tertiary/aromatic N) is 1. The average molecular weight is 342 g/mol. The molecule has 7 heteroatoms. The van der Waals surface area contributed by atoms with Crippen LogP contribution < -0.4 is 5.32 Å². The average Bonchev–Trinajstić information content (AvgIpc) is 3.24. The van der Waals surface area contributed by atoms with Crippen molar-refractivity contribution in [3.8, 4) is 0 Å². The van der Waals surface area contributed by atoms with E-state index in [1.807, 2.05) is 6.92 Å². The second kappa shape index (κ2) is 6.29. The molecular formula is C15H22N2O3S2. The number of carbonyl (C=O) groups is 1. The van der Waals surface area contributed by atoms with E-state index < -0.39 is 10.0 Å². The van der Waals surface area contributed by atoms with Crippen LogP contribution in [-0.4, -0.2) is 37.8 Å². The molecule has 1 aliphatic carbocycles. The molecule has 0 radical (unpaired) electrons. The van der Waals surface area contributed by atoms with Crippen molar-refractivity contribution in [2.75, 3.05) is 13.1 Å². The Morgan fingerprint density at radius 2 is 2.00 bits per heavy atom. The summed E-state index contributed by atoms with van der Waals surface area (Å²) in [7, 11) is -3.55. The summed E-state index contributed by atoms with van der Waals surface area (Å²) >= 11 is 1.20. The Morgan fingerprint density at radius 1 is 1.32 bits per heavy atom. The molecule has 1 aromatic heterocycles.